The molecular weight excluding hydrogens is 262 g/mol. The fourth-order valence-corrected chi connectivity index (χ4v) is 2.71. The van der Waals surface area contributed by atoms with E-state index < -0.39 is 5.54 Å². The van der Waals surface area contributed by atoms with Crippen LogP contribution in [-0.4, -0.2) is 19.1 Å². The smallest absolute Gasteiger partial charge is 0.330 e. The van der Waals surface area contributed by atoms with Gasteiger partial charge in [-0.1, -0.05) is 49.4 Å². The average molecular weight is 285 g/mol. The maximum atomic E-state index is 12.4. The van der Waals surface area contributed by atoms with Gasteiger partial charge in [0, 0.05) is 6.04 Å². The summed E-state index contributed by atoms with van der Waals surface area (Å²) >= 11 is 0. The first-order valence-electron chi connectivity index (χ1n) is 7.37. The van der Waals surface area contributed by atoms with E-state index in [9.17, 15) is 4.79 Å². The molecule has 1 N–H and O–H groups in total. The number of benzene rings is 2. The first kappa shape index (κ1) is 15.5. The van der Waals surface area contributed by atoms with E-state index in [4.69, 9.17) is 4.74 Å². The minimum absolute atomic E-state index is 0.216. The number of esters is 1. The van der Waals surface area contributed by atoms with Gasteiger partial charge in [0.15, 0.2) is 0 Å². The molecule has 0 fully saturated rings. The Morgan fingerprint density at radius 2 is 1.90 bits per heavy atom. The SMILES string of the molecule is CCC(C)NC(C)(C(=O)OC)c1cccc2ccccc12. The molecular formula is C18H23NO2. The molecule has 0 amide bonds. The largest absolute Gasteiger partial charge is 0.467 e. The molecule has 0 aliphatic heterocycles. The van der Waals surface area contributed by atoms with Crippen molar-refractivity contribution in [3.05, 3.63) is 48.0 Å². The molecule has 21 heavy (non-hydrogen) atoms. The number of hydrogen-bond acceptors (Lipinski definition) is 3. The average Bonchev–Trinajstić information content (AvgIpc) is 2.53. The second-order valence-corrected chi connectivity index (χ2v) is 5.60. The van der Waals surface area contributed by atoms with Crippen molar-refractivity contribution in [3.8, 4) is 0 Å². The lowest BCUT2D eigenvalue weighted by Gasteiger charge is -2.32. The Hall–Kier alpha value is -1.87. The number of ether oxygens (including phenoxy) is 1. The van der Waals surface area contributed by atoms with Crippen LogP contribution in [0.3, 0.4) is 0 Å². The summed E-state index contributed by atoms with van der Waals surface area (Å²) in [5.74, 6) is -0.265. The molecule has 2 atom stereocenters. The second kappa shape index (κ2) is 6.27. The van der Waals surface area contributed by atoms with E-state index in [1.807, 2.05) is 37.3 Å². The van der Waals surface area contributed by atoms with Gasteiger partial charge in [0.2, 0.25) is 0 Å². The van der Waals surface area contributed by atoms with E-state index in [0.717, 1.165) is 22.8 Å². The zero-order valence-electron chi connectivity index (χ0n) is 13.1. The summed E-state index contributed by atoms with van der Waals surface area (Å²) in [4.78, 5) is 12.4. The van der Waals surface area contributed by atoms with Gasteiger partial charge in [0.05, 0.1) is 7.11 Å². The van der Waals surface area contributed by atoms with Crippen molar-refractivity contribution >= 4 is 16.7 Å². The van der Waals surface area contributed by atoms with Crippen molar-refractivity contribution in [2.45, 2.75) is 38.8 Å². The lowest BCUT2D eigenvalue weighted by molar-refractivity contribution is -0.148. The Balaban J connectivity index is 2.61. The molecule has 0 radical (unpaired) electrons. The predicted molar refractivity (Wildman–Crippen MR) is 86.2 cm³/mol. The summed E-state index contributed by atoms with van der Waals surface area (Å²) in [5, 5.41) is 5.62. The van der Waals surface area contributed by atoms with Gasteiger partial charge in [-0.3, -0.25) is 5.32 Å². The predicted octanol–water partition coefficient (Wildman–Crippen LogP) is 3.62. The Morgan fingerprint density at radius 3 is 2.57 bits per heavy atom. The monoisotopic (exact) mass is 285 g/mol. The first-order chi connectivity index (χ1) is 10.0. The van der Waals surface area contributed by atoms with Crippen molar-refractivity contribution in [3.63, 3.8) is 0 Å². The summed E-state index contributed by atoms with van der Waals surface area (Å²) in [6.45, 7) is 6.07. The van der Waals surface area contributed by atoms with Gasteiger partial charge < -0.3 is 4.74 Å². The molecule has 0 spiro atoms. The van der Waals surface area contributed by atoms with Crippen LogP contribution < -0.4 is 5.32 Å². The molecule has 0 saturated heterocycles. The molecule has 2 rings (SSSR count). The van der Waals surface area contributed by atoms with E-state index >= 15 is 0 Å². The fourth-order valence-electron chi connectivity index (χ4n) is 2.71. The molecule has 0 aliphatic carbocycles. The van der Waals surface area contributed by atoms with Crippen LogP contribution in [0.2, 0.25) is 0 Å². The lowest BCUT2D eigenvalue weighted by atomic mass is 9.87. The van der Waals surface area contributed by atoms with Crippen LogP contribution in [0.4, 0.5) is 0 Å². The highest BCUT2D eigenvalue weighted by Crippen LogP contribution is 2.30. The van der Waals surface area contributed by atoms with Crippen LogP contribution in [0.5, 0.6) is 0 Å². The Labute approximate surface area is 126 Å². The van der Waals surface area contributed by atoms with Crippen LogP contribution >= 0.6 is 0 Å². The van der Waals surface area contributed by atoms with Crippen LogP contribution in [0.25, 0.3) is 10.8 Å². The van der Waals surface area contributed by atoms with E-state index in [-0.39, 0.29) is 12.0 Å². The number of hydrogen-bond donors (Lipinski definition) is 1. The number of methoxy groups -OCH3 is 1. The summed E-state index contributed by atoms with van der Waals surface area (Å²) in [5.41, 5.74) is 0.0955. The number of fused-ring (bicyclic) bond motifs is 1. The minimum atomic E-state index is -0.856. The highest BCUT2D eigenvalue weighted by molar-refractivity contribution is 5.93. The first-order valence-corrected chi connectivity index (χ1v) is 7.37. The van der Waals surface area contributed by atoms with Crippen molar-refractivity contribution in [1.82, 2.24) is 5.32 Å². The third-order valence-electron chi connectivity index (χ3n) is 4.07. The van der Waals surface area contributed by atoms with E-state index in [0.29, 0.717) is 0 Å². The van der Waals surface area contributed by atoms with Gasteiger partial charge in [0.1, 0.15) is 5.54 Å². The molecule has 0 bridgehead atoms. The number of carbonyl (C=O) groups excluding carboxylic acids is 1. The van der Waals surface area contributed by atoms with Crippen LogP contribution in [-0.2, 0) is 15.1 Å². The summed E-state index contributed by atoms with van der Waals surface area (Å²) in [6, 6.07) is 14.3. The molecule has 0 aliphatic rings. The molecule has 0 heterocycles. The number of rotatable bonds is 5. The van der Waals surface area contributed by atoms with Crippen LogP contribution in [0.15, 0.2) is 42.5 Å². The number of carbonyl (C=O) groups is 1. The zero-order valence-corrected chi connectivity index (χ0v) is 13.1. The van der Waals surface area contributed by atoms with Gasteiger partial charge in [-0.25, -0.2) is 4.79 Å². The van der Waals surface area contributed by atoms with Gasteiger partial charge in [0.25, 0.3) is 0 Å². The molecule has 0 saturated carbocycles. The quantitative estimate of drug-likeness (QED) is 0.853. The summed E-state index contributed by atoms with van der Waals surface area (Å²) in [6.07, 6.45) is 0.942. The third kappa shape index (κ3) is 2.93. The normalized spacial score (nSPS) is 15.4. The van der Waals surface area contributed by atoms with Gasteiger partial charge in [-0.15, -0.1) is 0 Å². The maximum Gasteiger partial charge on any atom is 0.330 e. The maximum absolute atomic E-state index is 12.4. The van der Waals surface area contributed by atoms with Crippen LogP contribution in [0, 0.1) is 0 Å². The molecule has 2 unspecified atom stereocenters. The van der Waals surface area contributed by atoms with Crippen molar-refractivity contribution in [2.24, 2.45) is 0 Å². The molecule has 112 valence electrons. The Kier molecular flexibility index (Phi) is 4.63. The zero-order chi connectivity index (χ0) is 15.5. The second-order valence-electron chi connectivity index (χ2n) is 5.60. The Bertz CT molecular complexity index is 633. The lowest BCUT2D eigenvalue weighted by Crippen LogP contribution is -2.51. The van der Waals surface area contributed by atoms with Gasteiger partial charge >= 0.3 is 5.97 Å². The molecule has 3 nitrogen and oxygen atoms in total. The van der Waals surface area contributed by atoms with Crippen LogP contribution in [0.1, 0.15) is 32.8 Å². The summed E-state index contributed by atoms with van der Waals surface area (Å²) < 4.78 is 5.06. The highest BCUT2D eigenvalue weighted by Gasteiger charge is 2.38. The van der Waals surface area contributed by atoms with E-state index in [2.05, 4.69) is 31.3 Å². The topological polar surface area (TPSA) is 38.3 Å². The van der Waals surface area contributed by atoms with Crippen molar-refractivity contribution in [2.75, 3.05) is 7.11 Å². The van der Waals surface area contributed by atoms with E-state index in [1.54, 1.807) is 0 Å². The standard InChI is InChI=1S/C18H23NO2/c1-5-13(2)19-18(3,17(20)21-4)16-12-8-10-14-9-6-7-11-15(14)16/h6-13,19H,5H2,1-4H3. The molecule has 0 aromatic heterocycles. The highest BCUT2D eigenvalue weighted by atomic mass is 16.5. The van der Waals surface area contributed by atoms with Gasteiger partial charge in [-0.2, -0.15) is 0 Å². The van der Waals surface area contributed by atoms with Gasteiger partial charge in [-0.05, 0) is 36.6 Å². The molecule has 3 heteroatoms. The summed E-state index contributed by atoms with van der Waals surface area (Å²) in [7, 11) is 1.43. The van der Waals surface area contributed by atoms with Crippen molar-refractivity contribution in [1.29, 1.82) is 0 Å². The third-order valence-corrected chi connectivity index (χ3v) is 4.07. The molecule has 2 aromatic rings. The number of nitrogens with one attached hydrogen (secondary N) is 1. The molecule has 2 aromatic carbocycles. The Morgan fingerprint density at radius 1 is 1.24 bits per heavy atom. The fraction of sp³-hybridized carbons (Fsp3) is 0.389. The minimum Gasteiger partial charge on any atom is -0.467 e. The van der Waals surface area contributed by atoms with E-state index in [1.165, 1.54) is 7.11 Å². The van der Waals surface area contributed by atoms with Crippen molar-refractivity contribution < 1.29 is 9.53 Å².